The number of urea groups is 1. The number of carbonyl (C=O) groups excluding carboxylic acids is 1. The molecule has 0 aromatic heterocycles. The van der Waals surface area contributed by atoms with Gasteiger partial charge in [0.15, 0.2) is 0 Å². The molecule has 0 fully saturated rings. The summed E-state index contributed by atoms with van der Waals surface area (Å²) in [5.41, 5.74) is -1.22. The Morgan fingerprint density at radius 2 is 1.94 bits per heavy atom. The highest BCUT2D eigenvalue weighted by molar-refractivity contribution is 5.89. The number of anilines is 1. The van der Waals surface area contributed by atoms with Crippen LogP contribution in [0.3, 0.4) is 0 Å². The lowest BCUT2D eigenvalue weighted by molar-refractivity contribution is -0.136. The third kappa shape index (κ3) is 3.35. The summed E-state index contributed by atoms with van der Waals surface area (Å²) in [5.74, 6) is 0. The van der Waals surface area contributed by atoms with Crippen LogP contribution in [-0.2, 0) is 11.0 Å². The summed E-state index contributed by atoms with van der Waals surface area (Å²) in [7, 11) is 2.51. The number of amides is 2. The molecule has 0 unspecified atom stereocenters. The molecule has 0 saturated carbocycles. The van der Waals surface area contributed by atoms with E-state index in [1.807, 2.05) is 0 Å². The molecule has 4 nitrogen and oxygen atoms in total. The highest BCUT2D eigenvalue weighted by Crippen LogP contribution is 2.34. The van der Waals surface area contributed by atoms with E-state index < -0.39 is 17.8 Å². The lowest BCUT2D eigenvalue weighted by atomic mass is 10.1. The third-order valence-corrected chi connectivity index (χ3v) is 2.03. The predicted octanol–water partition coefficient (Wildman–Crippen LogP) is 2.73. The van der Waals surface area contributed by atoms with Crippen LogP contribution in [0, 0.1) is 0 Å². The molecule has 1 rings (SSSR count). The largest absolute Gasteiger partial charge is 0.418 e. The topological polar surface area (TPSA) is 41.6 Å². The first kappa shape index (κ1) is 13.3. The smallest absolute Gasteiger partial charge is 0.305 e. The molecule has 0 aliphatic carbocycles. The molecular weight excluding hydrogens is 237 g/mol. The van der Waals surface area contributed by atoms with Crippen LogP contribution in [0.4, 0.5) is 23.7 Å². The van der Waals surface area contributed by atoms with Crippen LogP contribution in [0.5, 0.6) is 0 Å². The van der Waals surface area contributed by atoms with E-state index in [1.165, 1.54) is 32.4 Å². The lowest BCUT2D eigenvalue weighted by Crippen LogP contribution is -2.31. The van der Waals surface area contributed by atoms with Gasteiger partial charge in [0.25, 0.3) is 0 Å². The minimum atomic E-state index is -4.52. The van der Waals surface area contributed by atoms with Gasteiger partial charge in [0.2, 0.25) is 0 Å². The number of alkyl halides is 3. The Labute approximate surface area is 95.9 Å². The molecule has 2 amide bonds. The number of nitrogens with one attached hydrogen (secondary N) is 1. The molecule has 1 aromatic carbocycles. The van der Waals surface area contributed by atoms with E-state index in [0.29, 0.717) is 0 Å². The summed E-state index contributed by atoms with van der Waals surface area (Å²) in [6, 6.07) is 3.92. The molecule has 0 atom stereocenters. The zero-order valence-corrected chi connectivity index (χ0v) is 9.21. The Morgan fingerprint density at radius 1 is 1.35 bits per heavy atom. The monoisotopic (exact) mass is 248 g/mol. The number of halogens is 3. The van der Waals surface area contributed by atoms with Crippen molar-refractivity contribution in [2.24, 2.45) is 0 Å². The summed E-state index contributed by atoms with van der Waals surface area (Å²) in [6.45, 7) is 0. The van der Waals surface area contributed by atoms with Crippen molar-refractivity contribution < 1.29 is 22.8 Å². The first-order chi connectivity index (χ1) is 7.86. The number of hydroxylamine groups is 2. The van der Waals surface area contributed by atoms with Gasteiger partial charge in [-0.25, -0.2) is 9.86 Å². The summed E-state index contributed by atoms with van der Waals surface area (Å²) in [6.07, 6.45) is -4.52. The van der Waals surface area contributed by atoms with Crippen LogP contribution in [0.15, 0.2) is 24.3 Å². The lowest BCUT2D eigenvalue weighted by Gasteiger charge is -2.17. The van der Waals surface area contributed by atoms with Crippen molar-refractivity contribution in [1.82, 2.24) is 5.06 Å². The molecule has 1 N–H and O–H groups in total. The average molecular weight is 248 g/mol. The highest BCUT2D eigenvalue weighted by atomic mass is 19.4. The second-order valence-corrected chi connectivity index (χ2v) is 3.15. The Kier molecular flexibility index (Phi) is 3.95. The van der Waals surface area contributed by atoms with Gasteiger partial charge in [-0.05, 0) is 12.1 Å². The van der Waals surface area contributed by atoms with Gasteiger partial charge in [0.1, 0.15) is 0 Å². The number of hydrogen-bond donors (Lipinski definition) is 1. The van der Waals surface area contributed by atoms with Crippen molar-refractivity contribution >= 4 is 11.7 Å². The van der Waals surface area contributed by atoms with Crippen molar-refractivity contribution in [3.8, 4) is 0 Å². The second kappa shape index (κ2) is 5.05. The van der Waals surface area contributed by atoms with E-state index in [4.69, 9.17) is 0 Å². The van der Waals surface area contributed by atoms with Crippen molar-refractivity contribution in [2.75, 3.05) is 19.5 Å². The van der Waals surface area contributed by atoms with Crippen LogP contribution >= 0.6 is 0 Å². The van der Waals surface area contributed by atoms with Gasteiger partial charge in [-0.15, -0.1) is 0 Å². The second-order valence-electron chi connectivity index (χ2n) is 3.15. The number of carbonyl (C=O) groups is 1. The van der Waals surface area contributed by atoms with Crippen LogP contribution in [0.2, 0.25) is 0 Å². The van der Waals surface area contributed by atoms with E-state index in [2.05, 4.69) is 10.2 Å². The summed E-state index contributed by atoms with van der Waals surface area (Å²) in [4.78, 5) is 15.9. The normalized spacial score (nSPS) is 11.1. The summed E-state index contributed by atoms with van der Waals surface area (Å²) < 4.78 is 37.8. The Hall–Kier alpha value is -1.76. The Morgan fingerprint density at radius 3 is 2.47 bits per heavy atom. The summed E-state index contributed by atoms with van der Waals surface area (Å²) in [5, 5.41) is 2.89. The number of benzene rings is 1. The fourth-order valence-corrected chi connectivity index (χ4v) is 1.12. The van der Waals surface area contributed by atoms with Crippen LogP contribution in [0.1, 0.15) is 5.56 Å². The maximum Gasteiger partial charge on any atom is 0.418 e. The third-order valence-electron chi connectivity index (χ3n) is 2.03. The van der Waals surface area contributed by atoms with Gasteiger partial charge in [-0.3, -0.25) is 4.84 Å². The zero-order valence-electron chi connectivity index (χ0n) is 9.21. The Bertz CT molecular complexity index is 407. The molecule has 7 heteroatoms. The minimum Gasteiger partial charge on any atom is -0.305 e. The number of nitrogens with zero attached hydrogens (tertiary/aromatic N) is 1. The van der Waals surface area contributed by atoms with Crippen molar-refractivity contribution in [2.45, 2.75) is 6.18 Å². The zero-order chi connectivity index (χ0) is 13.1. The molecule has 0 radical (unpaired) electrons. The molecular formula is C10H11F3N2O2. The Balaban J connectivity index is 2.96. The molecule has 0 bridgehead atoms. The van der Waals surface area contributed by atoms with E-state index in [0.717, 1.165) is 11.1 Å². The molecule has 0 aliphatic rings. The van der Waals surface area contributed by atoms with Crippen LogP contribution < -0.4 is 5.32 Å². The van der Waals surface area contributed by atoms with Gasteiger partial charge in [-0.2, -0.15) is 13.2 Å². The standard InChI is InChI=1S/C10H11F3N2O2/c1-15(17-2)9(16)14-8-6-4-3-5-7(8)10(11,12)13/h3-6H,1-2H3,(H,14,16). The minimum absolute atomic E-state index is 0.311. The molecule has 17 heavy (non-hydrogen) atoms. The predicted molar refractivity (Wildman–Crippen MR) is 55.2 cm³/mol. The first-order valence-corrected chi connectivity index (χ1v) is 4.61. The average Bonchev–Trinajstić information content (AvgIpc) is 2.27. The molecule has 0 aliphatic heterocycles. The quantitative estimate of drug-likeness (QED) is 0.817. The summed E-state index contributed by atoms with van der Waals surface area (Å²) >= 11 is 0. The SMILES string of the molecule is CON(C)C(=O)Nc1ccccc1C(F)(F)F. The van der Waals surface area contributed by atoms with Crippen LogP contribution in [0.25, 0.3) is 0 Å². The number of rotatable bonds is 2. The van der Waals surface area contributed by atoms with Crippen molar-refractivity contribution in [1.29, 1.82) is 0 Å². The van der Waals surface area contributed by atoms with E-state index in [-0.39, 0.29) is 5.69 Å². The fourth-order valence-electron chi connectivity index (χ4n) is 1.12. The number of hydrogen-bond acceptors (Lipinski definition) is 2. The van der Waals surface area contributed by atoms with Gasteiger partial charge >= 0.3 is 12.2 Å². The highest BCUT2D eigenvalue weighted by Gasteiger charge is 2.33. The van der Waals surface area contributed by atoms with E-state index in [9.17, 15) is 18.0 Å². The molecule has 0 heterocycles. The molecule has 0 saturated heterocycles. The van der Waals surface area contributed by atoms with Crippen LogP contribution in [-0.4, -0.2) is 25.3 Å². The molecule has 94 valence electrons. The maximum absolute atomic E-state index is 12.6. The molecule has 0 spiro atoms. The van der Waals surface area contributed by atoms with Crippen molar-refractivity contribution in [3.63, 3.8) is 0 Å². The maximum atomic E-state index is 12.6. The first-order valence-electron chi connectivity index (χ1n) is 4.61. The van der Waals surface area contributed by atoms with Crippen molar-refractivity contribution in [3.05, 3.63) is 29.8 Å². The van der Waals surface area contributed by atoms with Gasteiger partial charge in [0, 0.05) is 7.05 Å². The number of para-hydroxylation sites is 1. The molecule has 1 aromatic rings. The van der Waals surface area contributed by atoms with Gasteiger partial charge < -0.3 is 5.32 Å². The van der Waals surface area contributed by atoms with E-state index >= 15 is 0 Å². The van der Waals surface area contributed by atoms with Gasteiger partial charge in [-0.1, -0.05) is 12.1 Å². The van der Waals surface area contributed by atoms with E-state index in [1.54, 1.807) is 0 Å². The fraction of sp³-hybridized carbons (Fsp3) is 0.300. The van der Waals surface area contributed by atoms with Gasteiger partial charge in [0.05, 0.1) is 18.4 Å².